The van der Waals surface area contributed by atoms with Crippen molar-refractivity contribution < 1.29 is 26.4 Å². The van der Waals surface area contributed by atoms with Crippen LogP contribution in [0.5, 0.6) is 0 Å². The number of anilines is 1. The highest BCUT2D eigenvalue weighted by atomic mass is 32.2. The Balaban J connectivity index is 2.42. The van der Waals surface area contributed by atoms with Gasteiger partial charge in [0.2, 0.25) is 5.91 Å². The van der Waals surface area contributed by atoms with Gasteiger partial charge in [-0.25, -0.2) is 18.5 Å². The number of primary amides is 1. The summed E-state index contributed by atoms with van der Waals surface area (Å²) >= 11 is 0. The normalized spacial score (nSPS) is 22.8. The van der Waals surface area contributed by atoms with Crippen molar-refractivity contribution in [3.05, 3.63) is 18.3 Å². The highest BCUT2D eigenvalue weighted by Crippen LogP contribution is 2.40. The second-order valence-electron chi connectivity index (χ2n) is 4.87. The van der Waals surface area contributed by atoms with Crippen LogP contribution < -0.4 is 15.8 Å². The average Bonchev–Trinajstić information content (AvgIpc) is 2.82. The van der Waals surface area contributed by atoms with E-state index in [1.54, 1.807) is 0 Å². The van der Waals surface area contributed by atoms with E-state index in [1.807, 2.05) is 0 Å². The van der Waals surface area contributed by atoms with Gasteiger partial charge in [0.15, 0.2) is 5.03 Å². The molecule has 22 heavy (non-hydrogen) atoms. The summed E-state index contributed by atoms with van der Waals surface area (Å²) in [4.78, 5) is 16.1. The first-order valence-electron chi connectivity index (χ1n) is 6.13. The number of carbonyl (C=O) groups excluding carboxylic acids is 1. The number of hydrogen-bond donors (Lipinski definition) is 2. The lowest BCUT2D eigenvalue weighted by molar-refractivity contribution is -0.177. The summed E-state index contributed by atoms with van der Waals surface area (Å²) in [6, 6.07) is 0.712. The zero-order chi connectivity index (χ0) is 16.7. The van der Waals surface area contributed by atoms with E-state index in [0.717, 1.165) is 17.2 Å². The fraction of sp³-hybridized carbons (Fsp3) is 0.455. The predicted molar refractivity (Wildman–Crippen MR) is 70.1 cm³/mol. The minimum atomic E-state index is -4.58. The molecule has 122 valence electrons. The molecule has 4 N–H and O–H groups in total. The topological polar surface area (TPSA) is 119 Å². The fourth-order valence-corrected chi connectivity index (χ4v) is 3.00. The van der Waals surface area contributed by atoms with E-state index in [-0.39, 0.29) is 18.7 Å². The van der Waals surface area contributed by atoms with E-state index in [4.69, 9.17) is 10.9 Å². The standard InChI is InChI=1S/C11H13F3N4O3S/c12-11(13,14)7-2-4-18(9(7)10(15)19)6-1-3-17-8(5-6)22(16,20)21/h1,3,5,7,9H,2,4H2,(H2,15,19)(H2,16,20,21). The molecule has 0 aliphatic carbocycles. The Morgan fingerprint density at radius 2 is 2.05 bits per heavy atom. The molecule has 1 aromatic rings. The number of carbonyl (C=O) groups is 1. The molecular weight excluding hydrogens is 325 g/mol. The lowest BCUT2D eigenvalue weighted by atomic mass is 9.99. The Morgan fingerprint density at radius 1 is 1.41 bits per heavy atom. The van der Waals surface area contributed by atoms with Crippen molar-refractivity contribution in [2.45, 2.75) is 23.7 Å². The lowest BCUT2D eigenvalue weighted by Crippen LogP contribution is -2.47. The number of nitrogens with zero attached hydrogens (tertiary/aromatic N) is 2. The molecule has 2 rings (SSSR count). The predicted octanol–water partition coefficient (Wildman–Crippen LogP) is -0.0285. The molecule has 1 aliphatic rings. The molecule has 7 nitrogen and oxygen atoms in total. The molecule has 1 aliphatic heterocycles. The fourth-order valence-electron chi connectivity index (χ4n) is 2.51. The molecule has 11 heteroatoms. The van der Waals surface area contributed by atoms with Gasteiger partial charge in [-0.2, -0.15) is 13.2 Å². The Hall–Kier alpha value is -1.88. The van der Waals surface area contributed by atoms with Crippen LogP contribution in [-0.4, -0.2) is 38.1 Å². The van der Waals surface area contributed by atoms with Crippen molar-refractivity contribution in [1.82, 2.24) is 4.98 Å². The van der Waals surface area contributed by atoms with Crippen molar-refractivity contribution in [3.8, 4) is 0 Å². The zero-order valence-corrected chi connectivity index (χ0v) is 11.9. The molecule has 1 amide bonds. The van der Waals surface area contributed by atoms with Crippen molar-refractivity contribution in [2.24, 2.45) is 16.8 Å². The van der Waals surface area contributed by atoms with Crippen LogP contribution in [0.4, 0.5) is 18.9 Å². The van der Waals surface area contributed by atoms with Gasteiger partial charge < -0.3 is 10.6 Å². The van der Waals surface area contributed by atoms with Crippen molar-refractivity contribution >= 4 is 21.6 Å². The summed E-state index contributed by atoms with van der Waals surface area (Å²) in [7, 11) is -4.11. The second-order valence-corrected chi connectivity index (χ2v) is 6.38. The highest BCUT2D eigenvalue weighted by molar-refractivity contribution is 7.89. The summed E-state index contributed by atoms with van der Waals surface area (Å²) in [5.74, 6) is -3.04. The van der Waals surface area contributed by atoms with Crippen LogP contribution in [0.15, 0.2) is 23.4 Å². The number of nitrogens with two attached hydrogens (primary N) is 2. The second kappa shape index (κ2) is 5.39. The van der Waals surface area contributed by atoms with E-state index in [1.165, 1.54) is 6.07 Å². The summed E-state index contributed by atoms with van der Waals surface area (Å²) < 4.78 is 61.4. The van der Waals surface area contributed by atoms with Gasteiger partial charge >= 0.3 is 6.18 Å². The summed E-state index contributed by atoms with van der Waals surface area (Å²) in [5.41, 5.74) is 5.19. The Labute approximate surface area is 124 Å². The number of amides is 1. The van der Waals surface area contributed by atoms with Gasteiger partial charge in [-0.1, -0.05) is 0 Å². The zero-order valence-electron chi connectivity index (χ0n) is 11.1. The number of halogens is 3. The molecule has 2 unspecified atom stereocenters. The first kappa shape index (κ1) is 16.5. The van der Waals surface area contributed by atoms with E-state index < -0.39 is 39.1 Å². The third-order valence-corrected chi connectivity index (χ3v) is 4.26. The Kier molecular flexibility index (Phi) is 4.04. The first-order valence-corrected chi connectivity index (χ1v) is 7.68. The van der Waals surface area contributed by atoms with Crippen LogP contribution in [-0.2, 0) is 14.8 Å². The van der Waals surface area contributed by atoms with Gasteiger partial charge in [-0.05, 0) is 12.5 Å². The van der Waals surface area contributed by atoms with Crippen molar-refractivity contribution in [2.75, 3.05) is 11.4 Å². The molecule has 2 atom stereocenters. The molecule has 2 heterocycles. The van der Waals surface area contributed by atoms with Crippen molar-refractivity contribution in [1.29, 1.82) is 0 Å². The van der Waals surface area contributed by atoms with Gasteiger partial charge in [0, 0.05) is 24.5 Å². The van der Waals surface area contributed by atoms with Crippen LogP contribution >= 0.6 is 0 Å². The molecule has 1 fully saturated rings. The third-order valence-electron chi connectivity index (χ3n) is 3.45. The van der Waals surface area contributed by atoms with Crippen LogP contribution in [0, 0.1) is 5.92 Å². The minimum Gasteiger partial charge on any atom is -0.368 e. The van der Waals surface area contributed by atoms with Gasteiger partial charge in [-0.15, -0.1) is 0 Å². The first-order chi connectivity index (χ1) is 10.0. The van der Waals surface area contributed by atoms with Crippen LogP contribution in [0.2, 0.25) is 0 Å². The maximum Gasteiger partial charge on any atom is 0.394 e. The van der Waals surface area contributed by atoms with Crippen LogP contribution in [0.25, 0.3) is 0 Å². The van der Waals surface area contributed by atoms with E-state index in [0.29, 0.717) is 0 Å². The SMILES string of the molecule is NC(=O)C1C(C(F)(F)F)CCN1c1ccnc(S(N)(=O)=O)c1. The van der Waals surface area contributed by atoms with Crippen LogP contribution in [0.1, 0.15) is 6.42 Å². The maximum absolute atomic E-state index is 13.0. The lowest BCUT2D eigenvalue weighted by Gasteiger charge is -2.28. The molecular formula is C11H13F3N4O3S. The van der Waals surface area contributed by atoms with Crippen LogP contribution in [0.3, 0.4) is 0 Å². The number of alkyl halides is 3. The third kappa shape index (κ3) is 3.14. The van der Waals surface area contributed by atoms with Gasteiger partial charge in [-0.3, -0.25) is 4.79 Å². The molecule has 0 spiro atoms. The quantitative estimate of drug-likeness (QED) is 0.802. The molecule has 1 saturated heterocycles. The monoisotopic (exact) mass is 338 g/mol. The van der Waals surface area contributed by atoms with Gasteiger partial charge in [0.25, 0.3) is 10.0 Å². The van der Waals surface area contributed by atoms with E-state index >= 15 is 0 Å². The number of aromatic nitrogens is 1. The number of sulfonamides is 1. The van der Waals surface area contributed by atoms with E-state index in [2.05, 4.69) is 4.98 Å². The number of hydrogen-bond acceptors (Lipinski definition) is 5. The van der Waals surface area contributed by atoms with Gasteiger partial charge in [0.05, 0.1) is 5.92 Å². The average molecular weight is 338 g/mol. The maximum atomic E-state index is 13.0. The Morgan fingerprint density at radius 3 is 2.55 bits per heavy atom. The molecule has 0 saturated carbocycles. The van der Waals surface area contributed by atoms with Crippen molar-refractivity contribution in [3.63, 3.8) is 0 Å². The highest BCUT2D eigenvalue weighted by Gasteiger charge is 2.52. The number of primary sulfonamides is 1. The smallest absolute Gasteiger partial charge is 0.368 e. The van der Waals surface area contributed by atoms with Gasteiger partial charge in [0.1, 0.15) is 6.04 Å². The molecule has 0 bridgehead atoms. The molecule has 0 radical (unpaired) electrons. The largest absolute Gasteiger partial charge is 0.394 e. The molecule has 1 aromatic heterocycles. The minimum absolute atomic E-state index is 0.0914. The van der Waals surface area contributed by atoms with E-state index in [9.17, 15) is 26.4 Å². The summed E-state index contributed by atoms with van der Waals surface area (Å²) in [5, 5.41) is 4.44. The summed E-state index contributed by atoms with van der Waals surface area (Å²) in [6.45, 7) is -0.0914. The molecule has 0 aromatic carbocycles. The number of pyridine rings is 1. The summed E-state index contributed by atoms with van der Waals surface area (Å²) in [6.07, 6.45) is -3.80. The number of rotatable bonds is 3. The Bertz CT molecular complexity index is 692.